The van der Waals surface area contributed by atoms with Gasteiger partial charge < -0.3 is 5.32 Å². The zero-order chi connectivity index (χ0) is 21.8. The molecule has 0 saturated carbocycles. The Morgan fingerprint density at radius 1 is 1.16 bits per heavy atom. The van der Waals surface area contributed by atoms with E-state index in [1.54, 1.807) is 0 Å². The fourth-order valence-corrected chi connectivity index (χ4v) is 4.17. The van der Waals surface area contributed by atoms with E-state index in [9.17, 15) is 4.79 Å². The highest BCUT2D eigenvalue weighted by molar-refractivity contribution is 9.10. The number of carbonyl (C=O) groups excluding carboxylic acids is 1. The molecular weight excluding hydrogens is 452 g/mol. The smallest absolute Gasteiger partial charge is 0.234 e. The number of amides is 1. The summed E-state index contributed by atoms with van der Waals surface area (Å²) >= 11 is 3.46. The van der Waals surface area contributed by atoms with E-state index in [-0.39, 0.29) is 5.91 Å². The Bertz CT molecular complexity index is 1120. The molecule has 0 fully saturated rings. The second-order valence-electron chi connectivity index (χ2n) is 8.06. The molecule has 2 aromatic carbocycles. The van der Waals surface area contributed by atoms with E-state index in [0.29, 0.717) is 13.1 Å². The SMILES string of the molecule is Cc1ccc(-n2cc(C3=CCN(CC(=O)NCc4cccc(Br)c4)CC3)cn2)cc1C. The first-order chi connectivity index (χ1) is 15.0. The molecule has 0 radical (unpaired) electrons. The zero-order valence-corrected chi connectivity index (χ0v) is 19.5. The van der Waals surface area contributed by atoms with Crippen LogP contribution < -0.4 is 5.32 Å². The van der Waals surface area contributed by atoms with Crippen molar-refractivity contribution >= 4 is 27.4 Å². The average Bonchev–Trinajstić information content (AvgIpc) is 3.25. The molecule has 0 spiro atoms. The predicted octanol–water partition coefficient (Wildman–Crippen LogP) is 4.66. The van der Waals surface area contributed by atoms with E-state index in [2.05, 4.69) is 75.6 Å². The maximum atomic E-state index is 12.3. The van der Waals surface area contributed by atoms with Crippen molar-refractivity contribution in [3.63, 3.8) is 0 Å². The Morgan fingerprint density at radius 3 is 2.77 bits per heavy atom. The third-order valence-corrected chi connectivity index (χ3v) is 6.24. The molecular formula is C25H27BrN4O. The van der Waals surface area contributed by atoms with Gasteiger partial charge in [0.05, 0.1) is 18.4 Å². The predicted molar refractivity (Wildman–Crippen MR) is 128 cm³/mol. The van der Waals surface area contributed by atoms with Crippen LogP contribution in [0.15, 0.2) is 65.4 Å². The molecule has 1 N–H and O–H groups in total. The Labute approximate surface area is 191 Å². The van der Waals surface area contributed by atoms with Crippen LogP contribution in [0.4, 0.5) is 0 Å². The van der Waals surface area contributed by atoms with Gasteiger partial charge in [0.2, 0.25) is 5.91 Å². The lowest BCUT2D eigenvalue weighted by atomic mass is 10.0. The van der Waals surface area contributed by atoms with Gasteiger partial charge in [-0.2, -0.15) is 5.10 Å². The largest absolute Gasteiger partial charge is 0.351 e. The first-order valence-electron chi connectivity index (χ1n) is 10.5. The normalized spacial score (nSPS) is 14.4. The summed E-state index contributed by atoms with van der Waals surface area (Å²) in [5.74, 6) is 0.0550. The second kappa shape index (κ2) is 9.62. The number of carbonyl (C=O) groups is 1. The summed E-state index contributed by atoms with van der Waals surface area (Å²) in [6.45, 7) is 6.84. The fraction of sp³-hybridized carbons (Fsp3) is 0.280. The highest BCUT2D eigenvalue weighted by Crippen LogP contribution is 2.23. The van der Waals surface area contributed by atoms with E-state index >= 15 is 0 Å². The van der Waals surface area contributed by atoms with Gasteiger partial charge in [0, 0.05) is 35.9 Å². The van der Waals surface area contributed by atoms with Crippen molar-refractivity contribution in [1.29, 1.82) is 0 Å². The molecule has 5 nitrogen and oxygen atoms in total. The van der Waals surface area contributed by atoms with Gasteiger partial charge in [0.15, 0.2) is 0 Å². The number of hydrogen-bond acceptors (Lipinski definition) is 3. The van der Waals surface area contributed by atoms with Crippen LogP contribution in [0.1, 0.15) is 28.7 Å². The molecule has 0 bridgehead atoms. The van der Waals surface area contributed by atoms with Crippen LogP contribution in [0.2, 0.25) is 0 Å². The Hall–Kier alpha value is -2.70. The average molecular weight is 479 g/mol. The van der Waals surface area contributed by atoms with Crippen molar-refractivity contribution in [1.82, 2.24) is 20.0 Å². The van der Waals surface area contributed by atoms with E-state index < -0.39 is 0 Å². The van der Waals surface area contributed by atoms with Gasteiger partial charge in [0.1, 0.15) is 0 Å². The van der Waals surface area contributed by atoms with Crippen molar-refractivity contribution in [3.05, 3.63) is 87.7 Å². The van der Waals surface area contributed by atoms with Crippen LogP contribution in [0.5, 0.6) is 0 Å². The molecule has 6 heteroatoms. The fourth-order valence-electron chi connectivity index (χ4n) is 3.72. The monoisotopic (exact) mass is 478 g/mol. The number of nitrogens with zero attached hydrogens (tertiary/aromatic N) is 3. The minimum atomic E-state index is 0.0550. The van der Waals surface area contributed by atoms with Crippen molar-refractivity contribution in [2.75, 3.05) is 19.6 Å². The third-order valence-electron chi connectivity index (χ3n) is 5.75. The van der Waals surface area contributed by atoms with Gasteiger partial charge in [-0.05, 0) is 66.8 Å². The van der Waals surface area contributed by atoms with Crippen molar-refractivity contribution in [2.45, 2.75) is 26.8 Å². The third kappa shape index (κ3) is 5.51. The number of benzene rings is 2. The molecule has 0 saturated heterocycles. The van der Waals surface area contributed by atoms with Crippen LogP contribution in [-0.4, -0.2) is 40.2 Å². The van der Waals surface area contributed by atoms with Crippen LogP contribution in [-0.2, 0) is 11.3 Å². The minimum Gasteiger partial charge on any atom is -0.351 e. The van der Waals surface area contributed by atoms with E-state index in [1.165, 1.54) is 16.7 Å². The number of aryl methyl sites for hydroxylation is 2. The standard InChI is InChI=1S/C25H27BrN4O/c1-18-6-7-24(12-19(18)2)30-16-22(15-28-30)21-8-10-29(11-9-21)17-25(31)27-14-20-4-3-5-23(26)13-20/h3-8,12-13,15-16H,9-11,14,17H2,1-2H3,(H,27,31). The molecule has 4 rings (SSSR count). The van der Waals surface area contributed by atoms with Gasteiger partial charge in [-0.25, -0.2) is 4.68 Å². The van der Waals surface area contributed by atoms with Crippen LogP contribution in [0, 0.1) is 13.8 Å². The summed E-state index contributed by atoms with van der Waals surface area (Å²) in [5, 5.41) is 7.56. The number of rotatable bonds is 6. The highest BCUT2D eigenvalue weighted by atomic mass is 79.9. The lowest BCUT2D eigenvalue weighted by Gasteiger charge is -2.25. The Morgan fingerprint density at radius 2 is 2.03 bits per heavy atom. The van der Waals surface area contributed by atoms with Gasteiger partial charge >= 0.3 is 0 Å². The summed E-state index contributed by atoms with van der Waals surface area (Å²) in [5.41, 5.74) is 7.16. The molecule has 31 heavy (non-hydrogen) atoms. The zero-order valence-electron chi connectivity index (χ0n) is 17.9. The maximum Gasteiger partial charge on any atom is 0.234 e. The minimum absolute atomic E-state index is 0.0550. The Kier molecular flexibility index (Phi) is 6.68. The summed E-state index contributed by atoms with van der Waals surface area (Å²) in [4.78, 5) is 14.5. The van der Waals surface area contributed by atoms with Crippen LogP contribution in [0.25, 0.3) is 11.3 Å². The first kappa shape index (κ1) is 21.5. The van der Waals surface area contributed by atoms with Gasteiger partial charge in [0.25, 0.3) is 0 Å². The first-order valence-corrected chi connectivity index (χ1v) is 11.3. The number of nitrogens with one attached hydrogen (secondary N) is 1. The molecule has 160 valence electrons. The van der Waals surface area contributed by atoms with Crippen molar-refractivity contribution < 1.29 is 4.79 Å². The van der Waals surface area contributed by atoms with Crippen molar-refractivity contribution in [2.24, 2.45) is 0 Å². The number of halogens is 1. The van der Waals surface area contributed by atoms with E-state index in [0.717, 1.165) is 40.8 Å². The number of aromatic nitrogens is 2. The lowest BCUT2D eigenvalue weighted by Crippen LogP contribution is -2.39. The molecule has 1 aliphatic rings. The molecule has 1 aromatic heterocycles. The molecule has 1 amide bonds. The second-order valence-corrected chi connectivity index (χ2v) is 8.98. The summed E-state index contributed by atoms with van der Waals surface area (Å²) in [7, 11) is 0. The lowest BCUT2D eigenvalue weighted by molar-refractivity contribution is -0.122. The molecule has 1 aliphatic heterocycles. The molecule has 2 heterocycles. The quantitative estimate of drug-likeness (QED) is 0.560. The molecule has 0 atom stereocenters. The summed E-state index contributed by atoms with van der Waals surface area (Å²) in [6.07, 6.45) is 7.15. The topological polar surface area (TPSA) is 50.2 Å². The molecule has 3 aromatic rings. The summed E-state index contributed by atoms with van der Waals surface area (Å²) in [6, 6.07) is 14.4. The van der Waals surface area contributed by atoms with Crippen LogP contribution >= 0.6 is 15.9 Å². The van der Waals surface area contributed by atoms with E-state index in [4.69, 9.17) is 0 Å². The van der Waals surface area contributed by atoms with E-state index in [1.807, 2.05) is 35.1 Å². The molecule has 0 unspecified atom stereocenters. The number of hydrogen-bond donors (Lipinski definition) is 1. The maximum absolute atomic E-state index is 12.3. The Balaban J connectivity index is 1.31. The molecule has 0 aliphatic carbocycles. The highest BCUT2D eigenvalue weighted by Gasteiger charge is 2.17. The van der Waals surface area contributed by atoms with Crippen molar-refractivity contribution in [3.8, 4) is 5.69 Å². The summed E-state index contributed by atoms with van der Waals surface area (Å²) < 4.78 is 2.96. The van der Waals surface area contributed by atoms with Gasteiger partial charge in [-0.15, -0.1) is 0 Å². The van der Waals surface area contributed by atoms with Gasteiger partial charge in [-0.1, -0.05) is 40.2 Å². The van der Waals surface area contributed by atoms with Crippen LogP contribution in [0.3, 0.4) is 0 Å². The van der Waals surface area contributed by atoms with Gasteiger partial charge in [-0.3, -0.25) is 9.69 Å².